The molecule has 0 saturated carbocycles. The maximum Gasteiger partial charge on any atom is 0.303 e. The van der Waals surface area contributed by atoms with Crippen LogP contribution in [0.2, 0.25) is 0 Å². The first kappa shape index (κ1) is 17.8. The number of hydrogen-bond donors (Lipinski definition) is 2. The van der Waals surface area contributed by atoms with Crippen LogP contribution in [0.25, 0.3) is 0 Å². The average Bonchev–Trinajstić information content (AvgIpc) is 2.50. The molecule has 122 valence electrons. The minimum absolute atomic E-state index is 0.0360. The van der Waals surface area contributed by atoms with E-state index in [1.54, 1.807) is 18.2 Å². The minimum atomic E-state index is -0.870. The Labute approximate surface area is 130 Å². The lowest BCUT2D eigenvalue weighted by Crippen LogP contribution is -2.24. The lowest BCUT2D eigenvalue weighted by atomic mass is 10.2. The molecular formula is C16H23NO5. The van der Waals surface area contributed by atoms with E-state index in [1.807, 2.05) is 13.8 Å². The van der Waals surface area contributed by atoms with Gasteiger partial charge >= 0.3 is 5.97 Å². The number of amides is 1. The first-order chi connectivity index (χ1) is 10.6. The van der Waals surface area contributed by atoms with Crippen molar-refractivity contribution in [1.29, 1.82) is 0 Å². The van der Waals surface area contributed by atoms with Crippen molar-refractivity contribution in [2.24, 2.45) is 0 Å². The van der Waals surface area contributed by atoms with Crippen LogP contribution in [0.1, 0.15) is 43.5 Å². The molecule has 1 aromatic carbocycles. The number of benzene rings is 1. The lowest BCUT2D eigenvalue weighted by Gasteiger charge is -2.13. The number of carboxylic acid groups (broad SMARTS) is 1. The van der Waals surface area contributed by atoms with E-state index in [9.17, 15) is 9.59 Å². The molecule has 0 heterocycles. The van der Waals surface area contributed by atoms with Crippen LogP contribution in [-0.2, 0) is 4.79 Å². The Morgan fingerprint density at radius 3 is 2.59 bits per heavy atom. The van der Waals surface area contributed by atoms with Gasteiger partial charge in [-0.15, -0.1) is 0 Å². The van der Waals surface area contributed by atoms with Crippen LogP contribution < -0.4 is 14.8 Å². The Hall–Kier alpha value is -2.24. The molecule has 6 nitrogen and oxygen atoms in total. The van der Waals surface area contributed by atoms with Gasteiger partial charge in [0.1, 0.15) is 0 Å². The van der Waals surface area contributed by atoms with Gasteiger partial charge in [-0.1, -0.05) is 6.92 Å². The second-order valence-electron chi connectivity index (χ2n) is 4.70. The van der Waals surface area contributed by atoms with E-state index in [0.717, 1.165) is 6.42 Å². The highest BCUT2D eigenvalue weighted by Crippen LogP contribution is 2.28. The zero-order valence-electron chi connectivity index (χ0n) is 13.1. The third-order valence-electron chi connectivity index (χ3n) is 2.82. The molecule has 1 amide bonds. The molecule has 0 aliphatic heterocycles. The first-order valence-corrected chi connectivity index (χ1v) is 7.48. The van der Waals surface area contributed by atoms with Crippen LogP contribution in [0.4, 0.5) is 0 Å². The molecule has 0 atom stereocenters. The molecular weight excluding hydrogens is 286 g/mol. The van der Waals surface area contributed by atoms with Gasteiger partial charge in [-0.05, 0) is 38.0 Å². The fourth-order valence-corrected chi connectivity index (χ4v) is 1.79. The fraction of sp³-hybridized carbons (Fsp3) is 0.500. The zero-order valence-corrected chi connectivity index (χ0v) is 13.1. The summed E-state index contributed by atoms with van der Waals surface area (Å²) in [7, 11) is 0. The number of carbonyl (C=O) groups is 2. The zero-order chi connectivity index (χ0) is 16.4. The highest BCUT2D eigenvalue weighted by Gasteiger charge is 2.11. The van der Waals surface area contributed by atoms with Crippen LogP contribution in [-0.4, -0.2) is 36.7 Å². The Morgan fingerprint density at radius 2 is 1.95 bits per heavy atom. The first-order valence-electron chi connectivity index (χ1n) is 7.48. The maximum atomic E-state index is 12.0. The molecule has 0 aromatic heterocycles. The summed E-state index contributed by atoms with van der Waals surface area (Å²) in [6.07, 6.45) is 1.32. The quantitative estimate of drug-likeness (QED) is 0.649. The van der Waals surface area contributed by atoms with Crippen molar-refractivity contribution in [2.75, 3.05) is 19.8 Å². The fourth-order valence-electron chi connectivity index (χ4n) is 1.79. The van der Waals surface area contributed by atoms with E-state index in [2.05, 4.69) is 5.32 Å². The van der Waals surface area contributed by atoms with E-state index in [1.165, 1.54) is 0 Å². The summed E-state index contributed by atoms with van der Waals surface area (Å²) >= 11 is 0. The van der Waals surface area contributed by atoms with Gasteiger partial charge in [0.05, 0.1) is 13.2 Å². The van der Waals surface area contributed by atoms with Gasteiger partial charge in [-0.25, -0.2) is 0 Å². The van der Waals surface area contributed by atoms with Crippen molar-refractivity contribution in [3.63, 3.8) is 0 Å². The molecule has 0 fully saturated rings. The normalized spacial score (nSPS) is 10.1. The lowest BCUT2D eigenvalue weighted by molar-refractivity contribution is -0.137. The summed E-state index contributed by atoms with van der Waals surface area (Å²) in [5.41, 5.74) is 0.461. The maximum absolute atomic E-state index is 12.0. The van der Waals surface area contributed by atoms with Gasteiger partial charge in [0, 0.05) is 18.5 Å². The molecule has 0 unspecified atom stereocenters. The summed E-state index contributed by atoms with van der Waals surface area (Å²) in [5, 5.41) is 11.2. The largest absolute Gasteiger partial charge is 0.490 e. The van der Waals surface area contributed by atoms with E-state index in [-0.39, 0.29) is 12.3 Å². The minimum Gasteiger partial charge on any atom is -0.490 e. The second-order valence-corrected chi connectivity index (χ2v) is 4.70. The Bertz CT molecular complexity index is 501. The summed E-state index contributed by atoms with van der Waals surface area (Å²) in [5.74, 6) is 0.0268. The highest BCUT2D eigenvalue weighted by atomic mass is 16.5. The smallest absolute Gasteiger partial charge is 0.303 e. The van der Waals surface area contributed by atoms with Gasteiger partial charge in [0.15, 0.2) is 11.5 Å². The Morgan fingerprint density at radius 1 is 1.18 bits per heavy atom. The number of nitrogens with one attached hydrogen (secondary N) is 1. The molecule has 2 N–H and O–H groups in total. The molecule has 0 aliphatic carbocycles. The molecule has 0 bridgehead atoms. The predicted molar refractivity (Wildman–Crippen MR) is 82.6 cm³/mol. The van der Waals surface area contributed by atoms with Crippen molar-refractivity contribution in [3.05, 3.63) is 23.8 Å². The van der Waals surface area contributed by atoms with Crippen molar-refractivity contribution in [3.8, 4) is 11.5 Å². The van der Waals surface area contributed by atoms with E-state index in [4.69, 9.17) is 14.6 Å². The van der Waals surface area contributed by atoms with Crippen molar-refractivity contribution in [1.82, 2.24) is 5.32 Å². The molecule has 1 rings (SSSR count). The van der Waals surface area contributed by atoms with Crippen LogP contribution in [0.3, 0.4) is 0 Å². The van der Waals surface area contributed by atoms with E-state index in [0.29, 0.717) is 43.2 Å². The van der Waals surface area contributed by atoms with Gasteiger partial charge in [-0.3, -0.25) is 9.59 Å². The highest BCUT2D eigenvalue weighted by molar-refractivity contribution is 5.94. The van der Waals surface area contributed by atoms with Gasteiger partial charge in [-0.2, -0.15) is 0 Å². The standard InChI is InChI=1S/C16H23NO5/c1-3-10-22-13-8-7-12(11-14(13)21-4-2)16(20)17-9-5-6-15(18)19/h7-8,11H,3-6,9-10H2,1-2H3,(H,17,20)(H,18,19). The summed E-state index contributed by atoms with van der Waals surface area (Å²) in [6.45, 7) is 5.26. The number of ether oxygens (including phenoxy) is 2. The summed E-state index contributed by atoms with van der Waals surface area (Å²) < 4.78 is 11.1. The molecule has 0 saturated heterocycles. The molecule has 22 heavy (non-hydrogen) atoms. The monoisotopic (exact) mass is 309 g/mol. The number of aliphatic carboxylic acids is 1. The van der Waals surface area contributed by atoms with Crippen LogP contribution in [0.5, 0.6) is 11.5 Å². The van der Waals surface area contributed by atoms with Crippen LogP contribution >= 0.6 is 0 Å². The molecule has 0 aliphatic rings. The van der Waals surface area contributed by atoms with Gasteiger partial charge < -0.3 is 19.9 Å². The van der Waals surface area contributed by atoms with Crippen molar-refractivity contribution in [2.45, 2.75) is 33.1 Å². The number of carboxylic acids is 1. The predicted octanol–water partition coefficient (Wildman–Crippen LogP) is 2.47. The Balaban J connectivity index is 2.67. The number of hydrogen-bond acceptors (Lipinski definition) is 4. The average molecular weight is 309 g/mol. The van der Waals surface area contributed by atoms with E-state index < -0.39 is 5.97 Å². The van der Waals surface area contributed by atoms with Crippen molar-refractivity contribution < 1.29 is 24.2 Å². The van der Waals surface area contributed by atoms with E-state index >= 15 is 0 Å². The number of rotatable bonds is 10. The number of carbonyl (C=O) groups excluding carboxylic acids is 1. The van der Waals surface area contributed by atoms with Crippen molar-refractivity contribution >= 4 is 11.9 Å². The molecule has 0 spiro atoms. The topological polar surface area (TPSA) is 84.9 Å². The third kappa shape index (κ3) is 6.03. The summed E-state index contributed by atoms with van der Waals surface area (Å²) in [6, 6.07) is 5.02. The van der Waals surface area contributed by atoms with Crippen LogP contribution in [0.15, 0.2) is 18.2 Å². The Kier molecular flexibility index (Phi) is 7.81. The second kappa shape index (κ2) is 9.65. The summed E-state index contributed by atoms with van der Waals surface area (Å²) in [4.78, 5) is 22.4. The molecule has 1 aromatic rings. The van der Waals surface area contributed by atoms with Gasteiger partial charge in [0.25, 0.3) is 5.91 Å². The van der Waals surface area contributed by atoms with Gasteiger partial charge in [0.2, 0.25) is 0 Å². The third-order valence-corrected chi connectivity index (χ3v) is 2.82. The SMILES string of the molecule is CCCOc1ccc(C(=O)NCCCC(=O)O)cc1OCC. The molecule has 0 radical (unpaired) electrons. The molecule has 6 heteroatoms. The van der Waals surface area contributed by atoms with Crippen LogP contribution in [0, 0.1) is 0 Å².